The molecule has 0 atom stereocenters. The van der Waals surface area contributed by atoms with Gasteiger partial charge in [0.1, 0.15) is 0 Å². The number of hydrogen-bond donors (Lipinski definition) is 0. The van der Waals surface area contributed by atoms with Crippen LogP contribution in [0.4, 0.5) is 0 Å². The van der Waals surface area contributed by atoms with Crippen molar-refractivity contribution in [1.82, 2.24) is 9.78 Å². The predicted molar refractivity (Wildman–Crippen MR) is 59.7 cm³/mol. The average molecular weight is 220 g/mol. The lowest BCUT2D eigenvalue weighted by molar-refractivity contribution is -0.159. The van der Waals surface area contributed by atoms with Crippen molar-refractivity contribution in [2.75, 3.05) is 13.2 Å². The SMILES string of the molecule is Cn1cc(C2=CCC3(CC2)OCCO3)cn1. The zero-order chi connectivity index (χ0) is 11.0. The van der Waals surface area contributed by atoms with Crippen LogP contribution in [0.25, 0.3) is 5.57 Å². The van der Waals surface area contributed by atoms with Gasteiger partial charge in [0.2, 0.25) is 0 Å². The van der Waals surface area contributed by atoms with Crippen LogP contribution in [0.2, 0.25) is 0 Å². The zero-order valence-corrected chi connectivity index (χ0v) is 9.48. The van der Waals surface area contributed by atoms with Crippen LogP contribution in [-0.2, 0) is 16.5 Å². The van der Waals surface area contributed by atoms with Gasteiger partial charge in [-0.2, -0.15) is 5.10 Å². The Kier molecular flexibility index (Phi) is 2.33. The molecule has 1 fully saturated rings. The van der Waals surface area contributed by atoms with Crippen LogP contribution in [0.15, 0.2) is 18.5 Å². The maximum absolute atomic E-state index is 5.68. The standard InChI is InChI=1S/C12H16N2O2/c1-14-9-11(8-13-14)10-2-4-12(5-3-10)15-6-7-16-12/h2,8-9H,3-7H2,1H3. The van der Waals surface area contributed by atoms with E-state index in [1.165, 1.54) is 11.1 Å². The molecule has 1 saturated heterocycles. The average Bonchev–Trinajstić information content (AvgIpc) is 2.90. The van der Waals surface area contributed by atoms with E-state index in [2.05, 4.69) is 17.4 Å². The van der Waals surface area contributed by atoms with E-state index in [4.69, 9.17) is 9.47 Å². The maximum atomic E-state index is 5.68. The highest BCUT2D eigenvalue weighted by atomic mass is 16.7. The van der Waals surface area contributed by atoms with Gasteiger partial charge in [-0.25, -0.2) is 0 Å². The van der Waals surface area contributed by atoms with Crippen molar-refractivity contribution in [2.45, 2.75) is 25.0 Å². The Morgan fingerprint density at radius 1 is 1.38 bits per heavy atom. The lowest BCUT2D eigenvalue weighted by Gasteiger charge is -2.30. The monoisotopic (exact) mass is 220 g/mol. The summed E-state index contributed by atoms with van der Waals surface area (Å²) < 4.78 is 13.2. The quantitative estimate of drug-likeness (QED) is 0.723. The van der Waals surface area contributed by atoms with Crippen LogP contribution in [0.3, 0.4) is 0 Å². The topological polar surface area (TPSA) is 36.3 Å². The third kappa shape index (κ3) is 1.68. The number of ether oxygens (including phenoxy) is 2. The molecule has 4 nitrogen and oxygen atoms in total. The molecule has 2 heterocycles. The fourth-order valence-corrected chi connectivity index (χ4v) is 2.42. The van der Waals surface area contributed by atoms with E-state index in [0.717, 1.165) is 32.5 Å². The molecule has 0 amide bonds. The van der Waals surface area contributed by atoms with Gasteiger partial charge < -0.3 is 9.47 Å². The first-order valence-electron chi connectivity index (χ1n) is 5.73. The van der Waals surface area contributed by atoms with Gasteiger partial charge in [-0.15, -0.1) is 0 Å². The first kappa shape index (κ1) is 10.1. The summed E-state index contributed by atoms with van der Waals surface area (Å²) in [5.41, 5.74) is 2.58. The van der Waals surface area contributed by atoms with Crippen molar-refractivity contribution in [3.8, 4) is 0 Å². The van der Waals surface area contributed by atoms with E-state index >= 15 is 0 Å². The minimum atomic E-state index is -0.314. The number of aromatic nitrogens is 2. The van der Waals surface area contributed by atoms with Crippen LogP contribution >= 0.6 is 0 Å². The largest absolute Gasteiger partial charge is 0.347 e. The van der Waals surface area contributed by atoms with Crippen molar-refractivity contribution in [1.29, 1.82) is 0 Å². The molecular formula is C12H16N2O2. The molecule has 86 valence electrons. The summed E-state index contributed by atoms with van der Waals surface area (Å²) in [5.74, 6) is -0.314. The molecule has 0 N–H and O–H groups in total. The molecule has 0 bridgehead atoms. The Labute approximate surface area is 94.8 Å². The van der Waals surface area contributed by atoms with Gasteiger partial charge in [0.25, 0.3) is 0 Å². The summed E-state index contributed by atoms with van der Waals surface area (Å²) >= 11 is 0. The smallest absolute Gasteiger partial charge is 0.172 e. The lowest BCUT2D eigenvalue weighted by Crippen LogP contribution is -2.31. The second-order valence-corrected chi connectivity index (χ2v) is 4.44. The number of nitrogens with zero attached hydrogens (tertiary/aromatic N) is 2. The molecule has 1 spiro atoms. The van der Waals surface area contributed by atoms with Crippen molar-refractivity contribution in [2.24, 2.45) is 7.05 Å². The molecule has 16 heavy (non-hydrogen) atoms. The van der Waals surface area contributed by atoms with Gasteiger partial charge in [0.05, 0.1) is 19.4 Å². The van der Waals surface area contributed by atoms with Gasteiger partial charge in [0, 0.05) is 31.6 Å². The number of aryl methyl sites for hydroxylation is 1. The third-order valence-corrected chi connectivity index (χ3v) is 3.32. The molecule has 3 rings (SSSR count). The van der Waals surface area contributed by atoms with E-state index < -0.39 is 0 Å². The molecule has 4 heteroatoms. The van der Waals surface area contributed by atoms with Crippen molar-refractivity contribution in [3.63, 3.8) is 0 Å². The van der Waals surface area contributed by atoms with Gasteiger partial charge in [-0.05, 0) is 12.0 Å². The summed E-state index contributed by atoms with van der Waals surface area (Å²) in [7, 11) is 1.94. The van der Waals surface area contributed by atoms with Crippen LogP contribution in [-0.4, -0.2) is 28.8 Å². The first-order valence-corrected chi connectivity index (χ1v) is 5.73. The normalized spacial score (nSPS) is 23.7. The summed E-state index contributed by atoms with van der Waals surface area (Å²) in [5, 5.41) is 4.19. The Hall–Kier alpha value is -1.13. The highest BCUT2D eigenvalue weighted by Gasteiger charge is 2.37. The van der Waals surface area contributed by atoms with Crippen molar-refractivity contribution < 1.29 is 9.47 Å². The molecule has 0 unspecified atom stereocenters. The second kappa shape index (κ2) is 3.71. The van der Waals surface area contributed by atoms with Crippen LogP contribution < -0.4 is 0 Å². The summed E-state index contributed by atoms with van der Waals surface area (Å²) in [6.07, 6.45) is 9.02. The number of rotatable bonds is 1. The van der Waals surface area contributed by atoms with E-state index in [-0.39, 0.29) is 5.79 Å². The Morgan fingerprint density at radius 3 is 2.75 bits per heavy atom. The lowest BCUT2D eigenvalue weighted by atomic mass is 9.91. The molecule has 0 aromatic carbocycles. The molecule has 1 aliphatic heterocycles. The summed E-state index contributed by atoms with van der Waals surface area (Å²) in [4.78, 5) is 0. The number of hydrogen-bond acceptors (Lipinski definition) is 3. The third-order valence-electron chi connectivity index (χ3n) is 3.32. The summed E-state index contributed by atoms with van der Waals surface area (Å²) in [6.45, 7) is 1.46. The molecule has 0 radical (unpaired) electrons. The van der Waals surface area contributed by atoms with E-state index in [9.17, 15) is 0 Å². The van der Waals surface area contributed by atoms with Crippen molar-refractivity contribution in [3.05, 3.63) is 24.0 Å². The fourth-order valence-electron chi connectivity index (χ4n) is 2.42. The van der Waals surface area contributed by atoms with Gasteiger partial charge >= 0.3 is 0 Å². The van der Waals surface area contributed by atoms with Gasteiger partial charge in [-0.1, -0.05) is 6.08 Å². The Bertz CT molecular complexity index is 416. The maximum Gasteiger partial charge on any atom is 0.172 e. The van der Waals surface area contributed by atoms with Crippen molar-refractivity contribution >= 4 is 5.57 Å². The molecular weight excluding hydrogens is 204 g/mol. The number of allylic oxidation sites excluding steroid dienone is 1. The van der Waals surface area contributed by atoms with Gasteiger partial charge in [-0.3, -0.25) is 4.68 Å². The molecule has 1 aromatic rings. The first-order chi connectivity index (χ1) is 7.77. The van der Waals surface area contributed by atoms with E-state index in [1.807, 2.05) is 17.9 Å². The molecule has 0 saturated carbocycles. The van der Waals surface area contributed by atoms with Crippen LogP contribution in [0.5, 0.6) is 0 Å². The van der Waals surface area contributed by atoms with E-state index in [0.29, 0.717) is 0 Å². The minimum absolute atomic E-state index is 0.314. The van der Waals surface area contributed by atoms with E-state index in [1.54, 1.807) is 0 Å². The van der Waals surface area contributed by atoms with Crippen LogP contribution in [0, 0.1) is 0 Å². The fraction of sp³-hybridized carbons (Fsp3) is 0.583. The summed E-state index contributed by atoms with van der Waals surface area (Å²) in [6, 6.07) is 0. The molecule has 2 aliphatic rings. The molecule has 1 aromatic heterocycles. The molecule has 1 aliphatic carbocycles. The predicted octanol–water partition coefficient (Wildman–Crippen LogP) is 1.73. The van der Waals surface area contributed by atoms with Gasteiger partial charge in [0.15, 0.2) is 5.79 Å². The zero-order valence-electron chi connectivity index (χ0n) is 9.48. The minimum Gasteiger partial charge on any atom is -0.347 e. The van der Waals surface area contributed by atoms with Crippen LogP contribution in [0.1, 0.15) is 24.8 Å². The second-order valence-electron chi connectivity index (χ2n) is 4.44. The highest BCUT2D eigenvalue weighted by Crippen LogP contribution is 2.37. The Balaban J connectivity index is 1.78. The highest BCUT2D eigenvalue weighted by molar-refractivity contribution is 5.65. The Morgan fingerprint density at radius 2 is 2.19 bits per heavy atom.